The number of hydrogen-bond acceptors (Lipinski definition) is 6. The largest absolute Gasteiger partial charge is 0.442 e. The molecule has 142 valence electrons. The van der Waals surface area contributed by atoms with Gasteiger partial charge in [0.1, 0.15) is 12.7 Å². The van der Waals surface area contributed by atoms with Crippen LogP contribution in [0.15, 0.2) is 36.4 Å². The van der Waals surface area contributed by atoms with E-state index in [9.17, 15) is 14.4 Å². The lowest BCUT2D eigenvalue weighted by molar-refractivity contribution is -0.118. The number of aliphatic hydroxyl groups excluding tert-OH is 1. The highest BCUT2D eigenvalue weighted by Crippen LogP contribution is 2.24. The van der Waals surface area contributed by atoms with Crippen LogP contribution in [0.1, 0.15) is 9.67 Å². The molecule has 0 saturated carbocycles. The average molecular weight is 410 g/mol. The second-order valence-corrected chi connectivity index (χ2v) is 7.40. The van der Waals surface area contributed by atoms with Crippen molar-refractivity contribution >= 4 is 52.2 Å². The van der Waals surface area contributed by atoms with Crippen LogP contribution in [0.4, 0.5) is 16.2 Å². The Hall–Kier alpha value is -2.62. The third-order valence-electron chi connectivity index (χ3n) is 3.77. The Bertz CT molecular complexity index is 855. The van der Waals surface area contributed by atoms with Crippen molar-refractivity contribution in [1.29, 1.82) is 0 Å². The van der Waals surface area contributed by atoms with Gasteiger partial charge in [-0.2, -0.15) is 0 Å². The van der Waals surface area contributed by atoms with Gasteiger partial charge in [-0.1, -0.05) is 11.6 Å². The number of nitrogens with zero attached hydrogens (tertiary/aromatic N) is 1. The van der Waals surface area contributed by atoms with Crippen LogP contribution < -0.4 is 15.5 Å². The van der Waals surface area contributed by atoms with E-state index >= 15 is 0 Å². The van der Waals surface area contributed by atoms with Crippen molar-refractivity contribution in [2.45, 2.75) is 6.10 Å². The highest BCUT2D eigenvalue weighted by atomic mass is 35.5. The summed E-state index contributed by atoms with van der Waals surface area (Å²) in [5.74, 6) is -0.795. The molecule has 27 heavy (non-hydrogen) atoms. The number of carbonyl (C=O) groups excluding carboxylic acids is 3. The third-order valence-corrected chi connectivity index (χ3v) is 5.00. The molecule has 1 aromatic heterocycles. The van der Waals surface area contributed by atoms with E-state index in [4.69, 9.17) is 21.4 Å². The predicted octanol–water partition coefficient (Wildman–Crippen LogP) is 2.09. The Morgan fingerprint density at radius 3 is 2.63 bits per heavy atom. The molecular formula is C17H16ClN3O5S. The van der Waals surface area contributed by atoms with E-state index in [1.807, 2.05) is 0 Å². The fraction of sp³-hybridized carbons (Fsp3) is 0.235. The molecule has 10 heteroatoms. The van der Waals surface area contributed by atoms with Crippen LogP contribution in [-0.2, 0) is 9.53 Å². The number of carbonyl (C=O) groups is 3. The van der Waals surface area contributed by atoms with E-state index in [1.54, 1.807) is 36.4 Å². The summed E-state index contributed by atoms with van der Waals surface area (Å²) in [7, 11) is 0. The van der Waals surface area contributed by atoms with E-state index in [-0.39, 0.29) is 19.0 Å². The number of hydrogen-bond donors (Lipinski definition) is 3. The number of rotatable bonds is 6. The Labute approximate surface area is 163 Å². The Kier molecular flexibility index (Phi) is 5.94. The molecule has 3 N–H and O–H groups in total. The maximum absolute atomic E-state index is 12.1. The third kappa shape index (κ3) is 4.76. The van der Waals surface area contributed by atoms with Crippen LogP contribution in [0.5, 0.6) is 0 Å². The van der Waals surface area contributed by atoms with E-state index in [2.05, 4.69) is 10.6 Å². The lowest BCUT2D eigenvalue weighted by Gasteiger charge is -2.14. The first kappa shape index (κ1) is 19.2. The number of thiophene rings is 1. The zero-order valence-corrected chi connectivity index (χ0v) is 15.5. The molecule has 0 aliphatic carbocycles. The smallest absolute Gasteiger partial charge is 0.414 e. The van der Waals surface area contributed by atoms with E-state index < -0.39 is 24.7 Å². The van der Waals surface area contributed by atoms with Crippen LogP contribution in [0.2, 0.25) is 4.34 Å². The second kappa shape index (κ2) is 8.38. The topological polar surface area (TPSA) is 108 Å². The van der Waals surface area contributed by atoms with Gasteiger partial charge in [0.25, 0.3) is 5.91 Å². The molecule has 8 nitrogen and oxygen atoms in total. The van der Waals surface area contributed by atoms with Crippen LogP contribution in [0.3, 0.4) is 0 Å². The first-order valence-corrected chi connectivity index (χ1v) is 9.18. The predicted molar refractivity (Wildman–Crippen MR) is 101 cm³/mol. The van der Waals surface area contributed by atoms with Gasteiger partial charge in [0.15, 0.2) is 0 Å². The van der Waals surface area contributed by atoms with Gasteiger partial charge in [0, 0.05) is 11.4 Å². The van der Waals surface area contributed by atoms with Crippen molar-refractivity contribution in [3.05, 3.63) is 45.6 Å². The molecular weight excluding hydrogens is 394 g/mol. The molecule has 1 aromatic carbocycles. The summed E-state index contributed by atoms with van der Waals surface area (Å²) in [6.45, 7) is -0.140. The molecule has 0 unspecified atom stereocenters. The van der Waals surface area contributed by atoms with Gasteiger partial charge in [-0.15, -0.1) is 11.3 Å². The molecule has 3 amide bonds. The van der Waals surface area contributed by atoms with E-state index in [0.29, 0.717) is 20.6 Å². The van der Waals surface area contributed by atoms with Crippen molar-refractivity contribution in [2.24, 2.45) is 0 Å². The molecule has 1 aliphatic heterocycles. The molecule has 3 rings (SSSR count). The van der Waals surface area contributed by atoms with Gasteiger partial charge in [-0.05, 0) is 36.4 Å². The Morgan fingerprint density at radius 2 is 2.00 bits per heavy atom. The summed E-state index contributed by atoms with van der Waals surface area (Å²) in [6, 6.07) is 9.82. The minimum Gasteiger partial charge on any atom is -0.442 e. The minimum atomic E-state index is -0.606. The number of benzene rings is 1. The number of ether oxygens (including phenoxy) is 1. The SMILES string of the molecule is O=C(CO)Nc1ccc(N2C[C@H](CNC(=O)c3ccc(Cl)s3)OC2=O)cc1. The van der Waals surface area contributed by atoms with E-state index in [1.165, 1.54) is 16.2 Å². The molecule has 0 spiro atoms. The number of cyclic esters (lactones) is 1. The van der Waals surface area contributed by atoms with Crippen LogP contribution in [-0.4, -0.2) is 48.8 Å². The van der Waals surface area contributed by atoms with Gasteiger partial charge in [0.05, 0.1) is 22.3 Å². The highest BCUT2D eigenvalue weighted by Gasteiger charge is 2.32. The van der Waals surface area contributed by atoms with Crippen molar-refractivity contribution in [2.75, 3.05) is 29.9 Å². The highest BCUT2D eigenvalue weighted by molar-refractivity contribution is 7.17. The molecule has 1 atom stereocenters. The number of nitrogens with one attached hydrogen (secondary N) is 2. The molecule has 1 aliphatic rings. The summed E-state index contributed by atoms with van der Waals surface area (Å²) in [5.41, 5.74) is 1.10. The molecule has 1 fully saturated rings. The zero-order chi connectivity index (χ0) is 19.4. The van der Waals surface area contributed by atoms with Gasteiger partial charge in [0.2, 0.25) is 5.91 Å². The Morgan fingerprint density at radius 1 is 1.26 bits per heavy atom. The van der Waals surface area contributed by atoms with Crippen LogP contribution in [0, 0.1) is 0 Å². The lowest BCUT2D eigenvalue weighted by atomic mass is 10.2. The molecule has 2 heterocycles. The maximum atomic E-state index is 12.1. The van der Waals surface area contributed by atoms with Gasteiger partial charge in [-0.25, -0.2) is 4.79 Å². The molecule has 0 radical (unpaired) electrons. The van der Waals surface area contributed by atoms with Crippen molar-refractivity contribution in [3.63, 3.8) is 0 Å². The molecule has 1 saturated heterocycles. The average Bonchev–Trinajstić information content (AvgIpc) is 3.26. The summed E-state index contributed by atoms with van der Waals surface area (Å²) in [4.78, 5) is 37.2. The summed E-state index contributed by atoms with van der Waals surface area (Å²) in [6.07, 6.45) is -0.994. The van der Waals surface area contributed by atoms with Crippen LogP contribution >= 0.6 is 22.9 Å². The standard InChI is InChI=1S/C17H16ClN3O5S/c18-14-6-5-13(27-14)16(24)19-7-12-8-21(17(25)26-12)11-3-1-10(2-4-11)20-15(23)9-22/h1-6,12,22H,7-9H2,(H,19,24)(H,20,23)/t12-/m0/s1. The summed E-state index contributed by atoms with van der Waals surface area (Å²) in [5, 5.41) is 14.0. The molecule has 0 bridgehead atoms. The second-order valence-electron chi connectivity index (χ2n) is 5.68. The fourth-order valence-electron chi connectivity index (χ4n) is 2.49. The molecule has 2 aromatic rings. The zero-order valence-electron chi connectivity index (χ0n) is 14.0. The first-order chi connectivity index (χ1) is 13.0. The van der Waals surface area contributed by atoms with Gasteiger partial charge in [-0.3, -0.25) is 14.5 Å². The summed E-state index contributed by atoms with van der Waals surface area (Å²) < 4.78 is 5.80. The number of amides is 3. The maximum Gasteiger partial charge on any atom is 0.414 e. The summed E-state index contributed by atoms with van der Waals surface area (Å²) >= 11 is 6.98. The van der Waals surface area contributed by atoms with Crippen LogP contribution in [0.25, 0.3) is 0 Å². The first-order valence-electron chi connectivity index (χ1n) is 7.98. The van der Waals surface area contributed by atoms with E-state index in [0.717, 1.165) is 0 Å². The number of halogens is 1. The fourth-order valence-corrected chi connectivity index (χ4v) is 3.45. The van der Waals surface area contributed by atoms with Crippen molar-refractivity contribution in [1.82, 2.24) is 5.32 Å². The minimum absolute atomic E-state index is 0.182. The quantitative estimate of drug-likeness (QED) is 0.677. The van der Waals surface area contributed by atoms with Crippen molar-refractivity contribution in [3.8, 4) is 0 Å². The number of anilines is 2. The van der Waals surface area contributed by atoms with Gasteiger partial charge >= 0.3 is 6.09 Å². The normalized spacial score (nSPS) is 16.1. The van der Waals surface area contributed by atoms with Crippen molar-refractivity contribution < 1.29 is 24.2 Å². The monoisotopic (exact) mass is 409 g/mol. The lowest BCUT2D eigenvalue weighted by Crippen LogP contribution is -2.34. The number of aliphatic hydroxyl groups is 1. The Balaban J connectivity index is 1.55. The van der Waals surface area contributed by atoms with Gasteiger partial charge < -0.3 is 20.5 Å².